The number of hydrogen-bond acceptors (Lipinski definition) is 4. The number of halogens is 3. The lowest BCUT2D eigenvalue weighted by Crippen LogP contribution is -2.36. The van der Waals surface area contributed by atoms with Crippen LogP contribution in [0.25, 0.3) is 0 Å². The fourth-order valence-corrected chi connectivity index (χ4v) is 2.28. The van der Waals surface area contributed by atoms with E-state index in [9.17, 15) is 18.0 Å². The molecule has 1 heterocycles. The van der Waals surface area contributed by atoms with Gasteiger partial charge in [-0.05, 0) is 24.3 Å². The van der Waals surface area contributed by atoms with E-state index in [1.807, 2.05) is 0 Å². The number of hydrogen-bond donors (Lipinski definition) is 2. The molecule has 2 N–H and O–H groups in total. The number of amides is 1. The molecule has 0 aromatic heterocycles. The average Bonchev–Trinajstić information content (AvgIpc) is 2.82. The summed E-state index contributed by atoms with van der Waals surface area (Å²) in [6.45, 7) is -0.230. The minimum absolute atomic E-state index is 0.0847. The van der Waals surface area contributed by atoms with Gasteiger partial charge in [0.2, 0.25) is 0 Å². The topological polar surface area (TPSA) is 79.2 Å². The van der Waals surface area contributed by atoms with Crippen LogP contribution in [-0.2, 0) is 0 Å². The maximum atomic E-state index is 12.0. The lowest BCUT2D eigenvalue weighted by atomic mass is 10.2. The molecule has 0 bridgehead atoms. The summed E-state index contributed by atoms with van der Waals surface area (Å²) < 4.78 is 45.4. The van der Waals surface area contributed by atoms with Crippen molar-refractivity contribution in [2.75, 3.05) is 13.2 Å². The van der Waals surface area contributed by atoms with Gasteiger partial charge in [-0.3, -0.25) is 4.90 Å². The maximum Gasteiger partial charge on any atom is 0.573 e. The SMILES string of the molecule is O=C(O)N1C[C@@H](Oc2ccc(OC(F)(F)F)cc2)C[C@H]1CO. The molecule has 0 radical (unpaired) electrons. The zero-order valence-electron chi connectivity index (χ0n) is 11.3. The highest BCUT2D eigenvalue weighted by Gasteiger charge is 2.36. The van der Waals surface area contributed by atoms with E-state index in [4.69, 9.17) is 14.9 Å². The molecule has 1 aromatic carbocycles. The molecule has 1 aromatic rings. The Balaban J connectivity index is 1.96. The van der Waals surface area contributed by atoms with Crippen LogP contribution in [0.2, 0.25) is 0 Å². The van der Waals surface area contributed by atoms with Gasteiger partial charge in [0, 0.05) is 6.42 Å². The van der Waals surface area contributed by atoms with E-state index in [1.165, 1.54) is 12.1 Å². The Morgan fingerprint density at radius 3 is 2.32 bits per heavy atom. The second kappa shape index (κ2) is 6.30. The molecular formula is C13H14F3NO5. The predicted octanol–water partition coefficient (Wildman–Crippen LogP) is 2.08. The van der Waals surface area contributed by atoms with Gasteiger partial charge < -0.3 is 19.7 Å². The summed E-state index contributed by atoms with van der Waals surface area (Å²) in [6, 6.07) is 4.28. The van der Waals surface area contributed by atoms with Crippen LogP contribution in [0.3, 0.4) is 0 Å². The number of benzene rings is 1. The van der Waals surface area contributed by atoms with Gasteiger partial charge in [0.25, 0.3) is 0 Å². The number of carboxylic acid groups (broad SMARTS) is 1. The van der Waals surface area contributed by atoms with E-state index < -0.39 is 24.6 Å². The Kier molecular flexibility index (Phi) is 4.65. The fourth-order valence-electron chi connectivity index (χ4n) is 2.28. The monoisotopic (exact) mass is 321 g/mol. The van der Waals surface area contributed by atoms with Gasteiger partial charge in [-0.15, -0.1) is 13.2 Å². The van der Waals surface area contributed by atoms with Gasteiger partial charge in [-0.2, -0.15) is 0 Å². The first-order valence-electron chi connectivity index (χ1n) is 6.41. The normalized spacial score (nSPS) is 21.7. The molecule has 1 fully saturated rings. The molecular weight excluding hydrogens is 307 g/mol. The zero-order chi connectivity index (χ0) is 16.3. The van der Waals surface area contributed by atoms with E-state index in [-0.39, 0.29) is 18.9 Å². The number of rotatable bonds is 4. The van der Waals surface area contributed by atoms with Gasteiger partial charge in [0.15, 0.2) is 0 Å². The fraction of sp³-hybridized carbons (Fsp3) is 0.462. The highest BCUT2D eigenvalue weighted by molar-refractivity contribution is 5.66. The predicted molar refractivity (Wildman–Crippen MR) is 67.8 cm³/mol. The minimum atomic E-state index is -4.76. The molecule has 0 unspecified atom stereocenters. The largest absolute Gasteiger partial charge is 0.573 e. The maximum absolute atomic E-state index is 12.0. The average molecular weight is 321 g/mol. The van der Waals surface area contributed by atoms with Crippen LogP contribution in [0.4, 0.5) is 18.0 Å². The van der Waals surface area contributed by atoms with Crippen LogP contribution >= 0.6 is 0 Å². The molecule has 2 atom stereocenters. The molecule has 6 nitrogen and oxygen atoms in total. The van der Waals surface area contributed by atoms with E-state index in [0.29, 0.717) is 12.2 Å². The van der Waals surface area contributed by atoms with E-state index >= 15 is 0 Å². The molecule has 9 heteroatoms. The second-order valence-corrected chi connectivity index (χ2v) is 4.77. The smallest absolute Gasteiger partial charge is 0.488 e. The third-order valence-electron chi connectivity index (χ3n) is 3.19. The van der Waals surface area contributed by atoms with Crippen molar-refractivity contribution < 1.29 is 37.7 Å². The molecule has 1 aliphatic heterocycles. The summed E-state index contributed by atoms with van der Waals surface area (Å²) in [5.41, 5.74) is 0. The van der Waals surface area contributed by atoms with Crippen molar-refractivity contribution in [2.24, 2.45) is 0 Å². The Hall–Kier alpha value is -2.16. The highest BCUT2D eigenvalue weighted by Crippen LogP contribution is 2.27. The zero-order valence-corrected chi connectivity index (χ0v) is 11.3. The lowest BCUT2D eigenvalue weighted by molar-refractivity contribution is -0.274. The first-order valence-corrected chi connectivity index (χ1v) is 6.41. The number of aliphatic hydroxyl groups excluding tert-OH is 1. The van der Waals surface area contributed by atoms with Crippen LogP contribution in [0.5, 0.6) is 11.5 Å². The third-order valence-corrected chi connectivity index (χ3v) is 3.19. The highest BCUT2D eigenvalue weighted by atomic mass is 19.4. The van der Waals surface area contributed by atoms with Gasteiger partial charge in [-0.25, -0.2) is 4.79 Å². The molecule has 22 heavy (non-hydrogen) atoms. The summed E-state index contributed by atoms with van der Waals surface area (Å²) in [6.07, 6.45) is -6.07. The number of alkyl halides is 3. The van der Waals surface area contributed by atoms with Gasteiger partial charge >= 0.3 is 12.5 Å². The van der Waals surface area contributed by atoms with Crippen molar-refractivity contribution in [3.8, 4) is 11.5 Å². The minimum Gasteiger partial charge on any atom is -0.488 e. The van der Waals surface area contributed by atoms with Crippen LogP contribution in [0, 0.1) is 0 Å². The number of carbonyl (C=O) groups is 1. The molecule has 0 saturated carbocycles. The molecule has 1 amide bonds. The summed E-state index contributed by atoms with van der Waals surface area (Å²) in [5.74, 6) is -0.0740. The van der Waals surface area contributed by atoms with Crippen molar-refractivity contribution >= 4 is 6.09 Å². The first kappa shape index (κ1) is 16.2. The second-order valence-electron chi connectivity index (χ2n) is 4.77. The van der Waals surface area contributed by atoms with Crippen LogP contribution in [0.15, 0.2) is 24.3 Å². The summed E-state index contributed by atoms with van der Waals surface area (Å²) in [5, 5.41) is 18.1. The van der Waals surface area contributed by atoms with Gasteiger partial charge in [0.1, 0.15) is 17.6 Å². The van der Waals surface area contributed by atoms with Crippen molar-refractivity contribution in [3.63, 3.8) is 0 Å². The van der Waals surface area contributed by atoms with E-state index in [0.717, 1.165) is 17.0 Å². The number of likely N-dealkylation sites (tertiary alicyclic amines) is 1. The van der Waals surface area contributed by atoms with Crippen LogP contribution in [0.1, 0.15) is 6.42 Å². The first-order chi connectivity index (χ1) is 10.3. The van der Waals surface area contributed by atoms with Crippen molar-refractivity contribution in [3.05, 3.63) is 24.3 Å². The molecule has 0 aliphatic carbocycles. The van der Waals surface area contributed by atoms with Gasteiger partial charge in [0.05, 0.1) is 19.2 Å². The summed E-state index contributed by atoms with van der Waals surface area (Å²) in [7, 11) is 0. The van der Waals surface area contributed by atoms with Crippen molar-refractivity contribution in [1.29, 1.82) is 0 Å². The van der Waals surface area contributed by atoms with Crippen molar-refractivity contribution in [1.82, 2.24) is 4.90 Å². The standard InChI is InChI=1S/C13H14F3NO5/c14-13(15,16)22-10-3-1-9(2-4-10)21-11-5-8(7-18)17(6-11)12(19)20/h1-4,8,11,18H,5-7H2,(H,19,20)/t8-,11-/m0/s1. The van der Waals surface area contributed by atoms with Crippen molar-refractivity contribution in [2.45, 2.75) is 24.9 Å². The number of aliphatic hydroxyl groups is 1. The Labute approximate surface area is 123 Å². The number of ether oxygens (including phenoxy) is 2. The third kappa shape index (κ3) is 4.17. The molecule has 2 rings (SSSR count). The summed E-state index contributed by atoms with van der Waals surface area (Å²) in [4.78, 5) is 12.1. The lowest BCUT2D eigenvalue weighted by Gasteiger charge is -2.18. The van der Waals surface area contributed by atoms with E-state index in [1.54, 1.807) is 0 Å². The summed E-state index contributed by atoms with van der Waals surface area (Å²) >= 11 is 0. The Morgan fingerprint density at radius 1 is 1.27 bits per heavy atom. The Morgan fingerprint density at radius 2 is 1.86 bits per heavy atom. The quantitative estimate of drug-likeness (QED) is 0.887. The van der Waals surface area contributed by atoms with Crippen LogP contribution < -0.4 is 9.47 Å². The van der Waals surface area contributed by atoms with E-state index in [2.05, 4.69) is 4.74 Å². The van der Waals surface area contributed by atoms with Gasteiger partial charge in [-0.1, -0.05) is 0 Å². The molecule has 122 valence electrons. The molecule has 0 spiro atoms. The Bertz CT molecular complexity index is 519. The molecule has 1 saturated heterocycles. The van der Waals surface area contributed by atoms with Crippen LogP contribution in [-0.4, -0.2) is 52.9 Å². The molecule has 1 aliphatic rings. The number of nitrogens with zero attached hydrogens (tertiary/aromatic N) is 1.